The molecule has 1 fully saturated rings. The van der Waals surface area contributed by atoms with Crippen LogP contribution in [0.3, 0.4) is 0 Å². The molecule has 19 heavy (non-hydrogen) atoms. The van der Waals surface area contributed by atoms with Gasteiger partial charge in [0.15, 0.2) is 5.82 Å². The summed E-state index contributed by atoms with van der Waals surface area (Å²) in [5, 5.41) is 9.28. The highest BCUT2D eigenvalue weighted by Gasteiger charge is 2.20. The second-order valence-corrected chi connectivity index (χ2v) is 5.21. The molecule has 0 aliphatic carbocycles. The molecule has 1 aromatic heterocycles. The topological polar surface area (TPSA) is 55.0 Å². The molecule has 1 atom stereocenters. The first kappa shape index (κ1) is 12.4. The molecule has 98 valence electrons. The summed E-state index contributed by atoms with van der Waals surface area (Å²) in [6.07, 6.45) is 1.01. The van der Waals surface area contributed by atoms with E-state index in [1.165, 1.54) is 0 Å². The lowest BCUT2D eigenvalue weighted by molar-refractivity contribution is 0.750. The molecule has 1 aromatic carbocycles. The average Bonchev–Trinajstić information content (AvgIpc) is 2.87. The van der Waals surface area contributed by atoms with E-state index in [9.17, 15) is 0 Å². The van der Waals surface area contributed by atoms with Crippen LogP contribution in [0.25, 0.3) is 11.3 Å². The number of benzene rings is 1. The van der Waals surface area contributed by atoms with E-state index in [4.69, 9.17) is 17.3 Å². The van der Waals surface area contributed by atoms with Gasteiger partial charge >= 0.3 is 0 Å². The van der Waals surface area contributed by atoms with Crippen LogP contribution in [0, 0.1) is 0 Å². The number of nitrogens with zero attached hydrogens (tertiary/aromatic N) is 3. The summed E-state index contributed by atoms with van der Waals surface area (Å²) in [6.45, 7) is 1.81. The van der Waals surface area contributed by atoms with Crippen molar-refractivity contribution in [2.45, 2.75) is 12.5 Å². The van der Waals surface area contributed by atoms with Crippen LogP contribution in [0.1, 0.15) is 6.42 Å². The lowest BCUT2D eigenvalue weighted by Crippen LogP contribution is -2.27. The van der Waals surface area contributed by atoms with Gasteiger partial charge in [-0.05, 0) is 30.7 Å². The first-order valence-electron chi connectivity index (χ1n) is 6.32. The monoisotopic (exact) mass is 274 g/mol. The Labute approximate surface area is 117 Å². The maximum Gasteiger partial charge on any atom is 0.151 e. The van der Waals surface area contributed by atoms with Crippen LogP contribution in [-0.4, -0.2) is 29.3 Å². The summed E-state index contributed by atoms with van der Waals surface area (Å²) in [7, 11) is 0. The third kappa shape index (κ3) is 2.69. The Kier molecular flexibility index (Phi) is 3.36. The molecular weight excluding hydrogens is 260 g/mol. The molecule has 4 nitrogen and oxygen atoms in total. The van der Waals surface area contributed by atoms with Crippen LogP contribution < -0.4 is 10.6 Å². The molecule has 5 heteroatoms. The third-order valence-electron chi connectivity index (χ3n) is 3.34. The molecule has 0 bridgehead atoms. The number of rotatable bonds is 2. The number of aromatic nitrogens is 2. The molecule has 1 aliphatic rings. The van der Waals surface area contributed by atoms with Crippen LogP contribution >= 0.6 is 11.6 Å². The van der Waals surface area contributed by atoms with E-state index < -0.39 is 0 Å². The van der Waals surface area contributed by atoms with Gasteiger partial charge in [-0.25, -0.2) is 0 Å². The quantitative estimate of drug-likeness (QED) is 0.913. The predicted molar refractivity (Wildman–Crippen MR) is 77.3 cm³/mol. The maximum absolute atomic E-state index is 5.90. The molecule has 1 aliphatic heterocycles. The van der Waals surface area contributed by atoms with E-state index in [0.717, 1.165) is 41.6 Å². The lowest BCUT2D eigenvalue weighted by Gasteiger charge is -2.15. The molecule has 2 aromatic rings. The highest BCUT2D eigenvalue weighted by molar-refractivity contribution is 6.30. The fourth-order valence-electron chi connectivity index (χ4n) is 2.26. The van der Waals surface area contributed by atoms with E-state index in [1.54, 1.807) is 0 Å². The average molecular weight is 275 g/mol. The SMILES string of the molecule is NC1CCN(c2ccc(-c3ccc(Cl)cc3)nn2)C1. The summed E-state index contributed by atoms with van der Waals surface area (Å²) in [5.41, 5.74) is 7.76. The molecular formula is C14H15ClN4. The third-order valence-corrected chi connectivity index (χ3v) is 3.59. The van der Waals surface area contributed by atoms with Crippen molar-refractivity contribution in [3.05, 3.63) is 41.4 Å². The molecule has 0 spiro atoms. The van der Waals surface area contributed by atoms with Gasteiger partial charge in [-0.15, -0.1) is 10.2 Å². The maximum atomic E-state index is 5.90. The zero-order chi connectivity index (χ0) is 13.2. The zero-order valence-electron chi connectivity index (χ0n) is 10.5. The Morgan fingerprint density at radius 2 is 1.89 bits per heavy atom. The minimum atomic E-state index is 0.248. The number of hydrogen-bond donors (Lipinski definition) is 1. The predicted octanol–water partition coefficient (Wildman–Crippen LogP) is 2.33. The van der Waals surface area contributed by atoms with Gasteiger partial charge in [0.2, 0.25) is 0 Å². The van der Waals surface area contributed by atoms with Crippen LogP contribution in [0.15, 0.2) is 36.4 Å². The number of nitrogens with two attached hydrogens (primary N) is 1. The van der Waals surface area contributed by atoms with E-state index >= 15 is 0 Å². The van der Waals surface area contributed by atoms with Crippen LogP contribution in [0.5, 0.6) is 0 Å². The summed E-state index contributed by atoms with van der Waals surface area (Å²) < 4.78 is 0. The molecule has 0 radical (unpaired) electrons. The highest BCUT2D eigenvalue weighted by atomic mass is 35.5. The molecule has 2 N–H and O–H groups in total. The van der Waals surface area contributed by atoms with Crippen molar-refractivity contribution in [2.75, 3.05) is 18.0 Å². The van der Waals surface area contributed by atoms with Gasteiger partial charge in [0.1, 0.15) is 0 Å². The molecule has 0 amide bonds. The summed E-state index contributed by atoms with van der Waals surface area (Å²) in [6, 6.07) is 11.8. The lowest BCUT2D eigenvalue weighted by atomic mass is 10.1. The van der Waals surface area contributed by atoms with E-state index in [0.29, 0.717) is 0 Å². The Hall–Kier alpha value is -1.65. The van der Waals surface area contributed by atoms with Gasteiger partial charge in [0, 0.05) is 29.7 Å². The Balaban J connectivity index is 1.80. The minimum Gasteiger partial charge on any atom is -0.354 e. The minimum absolute atomic E-state index is 0.248. The van der Waals surface area contributed by atoms with Gasteiger partial charge in [-0.1, -0.05) is 23.7 Å². The second-order valence-electron chi connectivity index (χ2n) is 4.78. The van der Waals surface area contributed by atoms with Crippen molar-refractivity contribution >= 4 is 17.4 Å². The van der Waals surface area contributed by atoms with E-state index in [2.05, 4.69) is 15.1 Å². The van der Waals surface area contributed by atoms with Crippen molar-refractivity contribution in [3.8, 4) is 11.3 Å². The van der Waals surface area contributed by atoms with E-state index in [-0.39, 0.29) is 6.04 Å². The van der Waals surface area contributed by atoms with Crippen LogP contribution in [0.2, 0.25) is 5.02 Å². The molecule has 0 saturated carbocycles. The number of hydrogen-bond acceptors (Lipinski definition) is 4. The first-order chi connectivity index (χ1) is 9.22. The molecule has 3 rings (SSSR count). The normalized spacial score (nSPS) is 18.8. The summed E-state index contributed by atoms with van der Waals surface area (Å²) in [5.74, 6) is 0.894. The number of anilines is 1. The summed E-state index contributed by atoms with van der Waals surface area (Å²) >= 11 is 5.87. The fourth-order valence-corrected chi connectivity index (χ4v) is 2.39. The molecule has 1 saturated heterocycles. The summed E-state index contributed by atoms with van der Waals surface area (Å²) in [4.78, 5) is 2.17. The van der Waals surface area contributed by atoms with Crippen LogP contribution in [-0.2, 0) is 0 Å². The van der Waals surface area contributed by atoms with Crippen molar-refractivity contribution < 1.29 is 0 Å². The zero-order valence-corrected chi connectivity index (χ0v) is 11.2. The molecule has 1 unspecified atom stereocenters. The Bertz CT molecular complexity index is 553. The van der Waals surface area contributed by atoms with Crippen molar-refractivity contribution in [2.24, 2.45) is 5.73 Å². The van der Waals surface area contributed by atoms with Crippen LogP contribution in [0.4, 0.5) is 5.82 Å². The smallest absolute Gasteiger partial charge is 0.151 e. The second kappa shape index (κ2) is 5.15. The van der Waals surface area contributed by atoms with Crippen molar-refractivity contribution in [1.82, 2.24) is 10.2 Å². The van der Waals surface area contributed by atoms with Crippen molar-refractivity contribution in [1.29, 1.82) is 0 Å². The van der Waals surface area contributed by atoms with E-state index in [1.807, 2.05) is 36.4 Å². The molecule has 2 heterocycles. The largest absolute Gasteiger partial charge is 0.354 e. The van der Waals surface area contributed by atoms with Gasteiger partial charge < -0.3 is 10.6 Å². The van der Waals surface area contributed by atoms with Gasteiger partial charge in [-0.3, -0.25) is 0 Å². The Morgan fingerprint density at radius 3 is 2.47 bits per heavy atom. The highest BCUT2D eigenvalue weighted by Crippen LogP contribution is 2.22. The standard InChI is InChI=1S/C14H15ClN4/c15-11-3-1-10(2-4-11)13-5-6-14(18-17-13)19-8-7-12(16)9-19/h1-6,12H,7-9,16H2. The first-order valence-corrected chi connectivity index (χ1v) is 6.70. The number of halogens is 1. The van der Waals surface area contributed by atoms with Gasteiger partial charge in [0.25, 0.3) is 0 Å². The van der Waals surface area contributed by atoms with Gasteiger partial charge in [-0.2, -0.15) is 0 Å². The fraction of sp³-hybridized carbons (Fsp3) is 0.286. The van der Waals surface area contributed by atoms with Crippen molar-refractivity contribution in [3.63, 3.8) is 0 Å². The Morgan fingerprint density at radius 1 is 1.11 bits per heavy atom. The van der Waals surface area contributed by atoms with Gasteiger partial charge in [0.05, 0.1) is 5.69 Å².